The van der Waals surface area contributed by atoms with Gasteiger partial charge in [0.05, 0.1) is 11.9 Å². The summed E-state index contributed by atoms with van der Waals surface area (Å²) in [6, 6.07) is 16.0. The van der Waals surface area contributed by atoms with Crippen LogP contribution >= 0.6 is 22.9 Å². The third kappa shape index (κ3) is 4.35. The lowest BCUT2D eigenvalue weighted by Crippen LogP contribution is -2.14. The molecule has 0 aliphatic carbocycles. The Bertz CT molecular complexity index is 948. The fourth-order valence-corrected chi connectivity index (χ4v) is 3.36. The van der Waals surface area contributed by atoms with Crippen molar-refractivity contribution in [2.45, 2.75) is 13.5 Å². The average molecular weight is 368 g/mol. The van der Waals surface area contributed by atoms with Crippen LogP contribution in [0.2, 0.25) is 5.02 Å². The highest BCUT2D eigenvalue weighted by atomic mass is 35.5. The molecule has 5 heteroatoms. The highest BCUT2D eigenvalue weighted by Gasteiger charge is 2.06. The first-order chi connectivity index (χ1) is 12.2. The van der Waals surface area contributed by atoms with Crippen LogP contribution in [-0.2, 0) is 6.54 Å². The highest BCUT2D eigenvalue weighted by Crippen LogP contribution is 2.20. The van der Waals surface area contributed by atoms with E-state index >= 15 is 0 Å². The van der Waals surface area contributed by atoms with Gasteiger partial charge in [-0.25, -0.2) is 0 Å². The molecule has 0 bridgehead atoms. The molecule has 3 rings (SSSR count). The van der Waals surface area contributed by atoms with Crippen molar-refractivity contribution in [3.05, 3.63) is 87.5 Å². The van der Waals surface area contributed by atoms with Crippen molar-refractivity contribution >= 4 is 29.2 Å². The minimum atomic E-state index is 0.683. The number of benzene rings is 2. The molecule has 0 aliphatic rings. The molecule has 25 heavy (non-hydrogen) atoms. The summed E-state index contributed by atoms with van der Waals surface area (Å²) in [5.74, 6) is 0. The number of hydrogen-bond donors (Lipinski definition) is 0. The van der Waals surface area contributed by atoms with E-state index in [2.05, 4.69) is 57.9 Å². The molecule has 2 aromatic carbocycles. The number of allylic oxidation sites excluding steroid dienone is 1. The Balaban J connectivity index is 1.94. The summed E-state index contributed by atoms with van der Waals surface area (Å²) >= 11 is 7.46. The van der Waals surface area contributed by atoms with Gasteiger partial charge in [0.25, 0.3) is 0 Å². The van der Waals surface area contributed by atoms with Crippen LogP contribution in [0.3, 0.4) is 0 Å². The van der Waals surface area contributed by atoms with Crippen LogP contribution in [-0.4, -0.2) is 10.8 Å². The molecule has 3 aromatic rings. The van der Waals surface area contributed by atoms with Crippen LogP contribution in [0.1, 0.15) is 11.1 Å². The Hall–Kier alpha value is -2.43. The topological polar surface area (TPSA) is 29.6 Å². The van der Waals surface area contributed by atoms with Crippen LogP contribution in [0.5, 0.6) is 0 Å². The summed E-state index contributed by atoms with van der Waals surface area (Å²) in [7, 11) is 0. The first-order valence-electron chi connectivity index (χ1n) is 7.86. The van der Waals surface area contributed by atoms with Gasteiger partial charge in [-0.15, -0.1) is 23.0 Å². The van der Waals surface area contributed by atoms with Gasteiger partial charge >= 0.3 is 0 Å². The predicted octanol–water partition coefficient (Wildman–Crippen LogP) is 5.30. The number of nitrogens with zero attached hydrogens (tertiary/aromatic N) is 3. The third-order valence-corrected chi connectivity index (χ3v) is 4.78. The van der Waals surface area contributed by atoms with Crippen molar-refractivity contribution in [3.63, 3.8) is 0 Å². The zero-order chi connectivity index (χ0) is 17.6. The second kappa shape index (κ2) is 8.10. The fourth-order valence-electron chi connectivity index (χ4n) is 2.36. The average Bonchev–Trinajstić information content (AvgIpc) is 3.01. The van der Waals surface area contributed by atoms with Crippen molar-refractivity contribution in [3.8, 4) is 11.3 Å². The largest absolute Gasteiger partial charge is 0.311 e. The third-order valence-electron chi connectivity index (χ3n) is 3.68. The van der Waals surface area contributed by atoms with Gasteiger partial charge in [0.2, 0.25) is 4.80 Å². The van der Waals surface area contributed by atoms with Gasteiger partial charge in [0.1, 0.15) is 0 Å². The number of aryl methyl sites for hydroxylation is 1. The van der Waals surface area contributed by atoms with Crippen LogP contribution in [0.4, 0.5) is 0 Å². The molecule has 0 atom stereocenters. The zero-order valence-corrected chi connectivity index (χ0v) is 15.5. The van der Waals surface area contributed by atoms with Gasteiger partial charge in [0.15, 0.2) is 0 Å². The van der Waals surface area contributed by atoms with E-state index in [0.717, 1.165) is 21.6 Å². The van der Waals surface area contributed by atoms with E-state index in [4.69, 9.17) is 11.6 Å². The monoisotopic (exact) mass is 367 g/mol. The van der Waals surface area contributed by atoms with Gasteiger partial charge in [-0.05, 0) is 30.2 Å². The van der Waals surface area contributed by atoms with Crippen LogP contribution in [0.15, 0.2) is 76.8 Å². The molecule has 1 heterocycles. The van der Waals surface area contributed by atoms with Crippen molar-refractivity contribution in [1.29, 1.82) is 0 Å². The van der Waals surface area contributed by atoms with Gasteiger partial charge in [-0.1, -0.05) is 59.6 Å². The standard InChI is InChI=1S/C20H18ClN3S/c1-3-12-24-19(17-8-4-15(2)5-9-17)14-25-20(24)23-22-13-16-6-10-18(21)11-7-16/h3-11,13-14H,1,12H2,2H3/b22-13-,23-20-. The minimum Gasteiger partial charge on any atom is -0.311 e. The molecular weight excluding hydrogens is 350 g/mol. The quantitative estimate of drug-likeness (QED) is 0.333. The number of halogens is 1. The number of aromatic nitrogens is 1. The lowest BCUT2D eigenvalue weighted by molar-refractivity contribution is 0.789. The molecule has 0 N–H and O–H groups in total. The number of rotatable bonds is 5. The van der Waals surface area contributed by atoms with Gasteiger partial charge in [-0.2, -0.15) is 5.10 Å². The Morgan fingerprint density at radius 2 is 1.84 bits per heavy atom. The van der Waals surface area contributed by atoms with E-state index < -0.39 is 0 Å². The second-order valence-electron chi connectivity index (χ2n) is 5.56. The van der Waals surface area contributed by atoms with E-state index in [-0.39, 0.29) is 0 Å². The maximum Gasteiger partial charge on any atom is 0.211 e. The summed E-state index contributed by atoms with van der Waals surface area (Å²) in [6.45, 7) is 6.62. The van der Waals surface area contributed by atoms with E-state index in [0.29, 0.717) is 11.6 Å². The molecule has 0 unspecified atom stereocenters. The smallest absolute Gasteiger partial charge is 0.211 e. The van der Waals surface area contributed by atoms with Crippen molar-refractivity contribution < 1.29 is 0 Å². The van der Waals surface area contributed by atoms with Gasteiger partial charge < -0.3 is 4.57 Å². The second-order valence-corrected chi connectivity index (χ2v) is 6.84. The lowest BCUT2D eigenvalue weighted by atomic mass is 10.1. The fraction of sp³-hybridized carbons (Fsp3) is 0.100. The summed E-state index contributed by atoms with van der Waals surface area (Å²) < 4.78 is 2.11. The molecule has 126 valence electrons. The first-order valence-corrected chi connectivity index (χ1v) is 9.12. The summed E-state index contributed by atoms with van der Waals surface area (Å²) in [5.41, 5.74) is 4.47. The molecule has 0 spiro atoms. The Kier molecular flexibility index (Phi) is 5.64. The van der Waals surface area contributed by atoms with Gasteiger partial charge in [-0.3, -0.25) is 0 Å². The molecule has 0 amide bonds. The maximum absolute atomic E-state index is 5.89. The van der Waals surface area contributed by atoms with E-state index in [1.807, 2.05) is 30.3 Å². The highest BCUT2D eigenvalue weighted by molar-refractivity contribution is 7.07. The van der Waals surface area contributed by atoms with E-state index in [9.17, 15) is 0 Å². The van der Waals surface area contributed by atoms with Crippen LogP contribution in [0.25, 0.3) is 11.3 Å². The molecule has 0 saturated carbocycles. The molecular formula is C20H18ClN3S. The van der Waals surface area contributed by atoms with Crippen molar-refractivity contribution in [2.24, 2.45) is 10.2 Å². The number of hydrogen-bond acceptors (Lipinski definition) is 3. The van der Waals surface area contributed by atoms with Crippen LogP contribution in [0, 0.1) is 6.92 Å². The Morgan fingerprint density at radius 3 is 2.52 bits per heavy atom. The summed E-state index contributed by atoms with van der Waals surface area (Å²) in [6.07, 6.45) is 3.59. The van der Waals surface area contributed by atoms with Crippen molar-refractivity contribution in [2.75, 3.05) is 0 Å². The molecule has 3 nitrogen and oxygen atoms in total. The maximum atomic E-state index is 5.89. The van der Waals surface area contributed by atoms with E-state index in [1.54, 1.807) is 17.6 Å². The molecule has 0 radical (unpaired) electrons. The molecule has 0 aliphatic heterocycles. The summed E-state index contributed by atoms with van der Waals surface area (Å²) in [4.78, 5) is 0.834. The molecule has 0 fully saturated rings. The van der Waals surface area contributed by atoms with E-state index in [1.165, 1.54) is 5.56 Å². The Morgan fingerprint density at radius 1 is 1.12 bits per heavy atom. The van der Waals surface area contributed by atoms with Gasteiger partial charge in [0, 0.05) is 16.9 Å². The SMILES string of the molecule is C=CCn1c(-c2ccc(C)cc2)cs/c1=N\N=C/c1ccc(Cl)cc1. The first kappa shape index (κ1) is 17.4. The predicted molar refractivity (Wildman–Crippen MR) is 107 cm³/mol. The Labute approximate surface area is 156 Å². The lowest BCUT2D eigenvalue weighted by Gasteiger charge is -2.06. The van der Waals surface area contributed by atoms with Crippen LogP contribution < -0.4 is 4.80 Å². The number of thiazole rings is 1. The normalized spacial score (nSPS) is 12.0. The molecule has 0 saturated heterocycles. The minimum absolute atomic E-state index is 0.683. The summed E-state index contributed by atoms with van der Waals surface area (Å²) in [5, 5.41) is 11.4. The van der Waals surface area contributed by atoms with Crippen molar-refractivity contribution in [1.82, 2.24) is 4.57 Å². The molecule has 1 aromatic heterocycles. The zero-order valence-electron chi connectivity index (χ0n) is 13.9.